The molecule has 1 aromatic carbocycles. The van der Waals surface area contributed by atoms with E-state index in [1.165, 1.54) is 0 Å². The Morgan fingerprint density at radius 3 is 2.59 bits per heavy atom. The normalized spacial score (nSPS) is 14.2. The fraction of sp³-hybridized carbons (Fsp3) is 0.462. The monoisotopic (exact) mass is 237 g/mol. The third-order valence-electron chi connectivity index (χ3n) is 2.57. The Balaban J connectivity index is 2.52. The van der Waals surface area contributed by atoms with Gasteiger partial charge in [0.05, 0.1) is 6.10 Å². The summed E-state index contributed by atoms with van der Waals surface area (Å²) in [5.74, 6) is -0.905. The van der Waals surface area contributed by atoms with E-state index in [0.717, 1.165) is 12.0 Å². The molecule has 0 saturated heterocycles. The smallest absolute Gasteiger partial charge is 0.323 e. The summed E-state index contributed by atoms with van der Waals surface area (Å²) in [6, 6.07) is 8.78. The molecular weight excluding hydrogens is 218 g/mol. The Bertz CT molecular complexity index is 340. The van der Waals surface area contributed by atoms with E-state index in [1.807, 2.05) is 44.2 Å². The van der Waals surface area contributed by atoms with Crippen LogP contribution >= 0.6 is 0 Å². The first-order valence-corrected chi connectivity index (χ1v) is 5.81. The molecule has 0 spiro atoms. The number of hydrogen-bond donors (Lipinski definition) is 2. The maximum atomic E-state index is 11.1. The predicted octanol–water partition coefficient (Wildman–Crippen LogP) is 2.00. The van der Waals surface area contributed by atoms with Crippen molar-refractivity contribution < 1.29 is 14.7 Å². The van der Waals surface area contributed by atoms with Crippen molar-refractivity contribution >= 4 is 5.97 Å². The summed E-state index contributed by atoms with van der Waals surface area (Å²) in [6.07, 6.45) is 1.25. The number of hydrogen-bond acceptors (Lipinski definition) is 3. The number of carbonyl (C=O) groups is 1. The molecule has 1 rings (SSSR count). The fourth-order valence-corrected chi connectivity index (χ4v) is 1.31. The molecule has 0 aliphatic heterocycles. The zero-order valence-corrected chi connectivity index (χ0v) is 10.2. The summed E-state index contributed by atoms with van der Waals surface area (Å²) in [4.78, 5) is 16.3. The van der Waals surface area contributed by atoms with Gasteiger partial charge in [-0.2, -0.15) is 5.48 Å². The van der Waals surface area contributed by atoms with Crippen LogP contribution in [0, 0.1) is 0 Å². The Kier molecular flexibility index (Phi) is 5.66. The molecule has 0 saturated carbocycles. The van der Waals surface area contributed by atoms with E-state index in [4.69, 9.17) is 9.94 Å². The summed E-state index contributed by atoms with van der Waals surface area (Å²) in [5.41, 5.74) is 3.59. The zero-order chi connectivity index (χ0) is 12.7. The van der Waals surface area contributed by atoms with Crippen LogP contribution in [-0.2, 0) is 16.1 Å². The van der Waals surface area contributed by atoms with Crippen molar-refractivity contribution in [2.45, 2.75) is 38.8 Å². The van der Waals surface area contributed by atoms with Gasteiger partial charge in [0.1, 0.15) is 6.04 Å². The third kappa shape index (κ3) is 4.97. The molecule has 0 heterocycles. The molecule has 0 fully saturated rings. The molecule has 0 radical (unpaired) electrons. The standard InChI is InChI=1S/C13H19NO3/c1-3-10(2)17-14-12(13(15)16)9-11-7-5-4-6-8-11/h4-8,10,12,14H,3,9H2,1-2H3,(H,15,16). The van der Waals surface area contributed by atoms with Crippen molar-refractivity contribution in [2.24, 2.45) is 0 Å². The lowest BCUT2D eigenvalue weighted by Crippen LogP contribution is -2.40. The Morgan fingerprint density at radius 2 is 2.06 bits per heavy atom. The minimum atomic E-state index is -0.905. The molecule has 0 aromatic heterocycles. The average Bonchev–Trinajstić information content (AvgIpc) is 2.34. The van der Waals surface area contributed by atoms with Crippen molar-refractivity contribution in [1.29, 1.82) is 0 Å². The highest BCUT2D eigenvalue weighted by atomic mass is 16.7. The SMILES string of the molecule is CCC(C)ONC(Cc1ccccc1)C(=O)O. The summed E-state index contributed by atoms with van der Waals surface area (Å²) >= 11 is 0. The van der Waals surface area contributed by atoms with Crippen molar-refractivity contribution in [3.63, 3.8) is 0 Å². The largest absolute Gasteiger partial charge is 0.480 e. The maximum absolute atomic E-state index is 11.1. The molecule has 17 heavy (non-hydrogen) atoms. The Labute approximate surface area is 102 Å². The van der Waals surface area contributed by atoms with E-state index < -0.39 is 12.0 Å². The summed E-state index contributed by atoms with van der Waals surface area (Å²) in [5, 5.41) is 9.08. The second kappa shape index (κ2) is 7.04. The van der Waals surface area contributed by atoms with Crippen LogP contribution in [0.1, 0.15) is 25.8 Å². The number of carboxylic acid groups (broad SMARTS) is 1. The van der Waals surface area contributed by atoms with Gasteiger partial charge in [-0.05, 0) is 18.9 Å². The van der Waals surface area contributed by atoms with Crippen molar-refractivity contribution in [1.82, 2.24) is 5.48 Å². The third-order valence-corrected chi connectivity index (χ3v) is 2.57. The van der Waals surface area contributed by atoms with Crippen LogP contribution in [0.5, 0.6) is 0 Å². The second-order valence-electron chi connectivity index (χ2n) is 4.04. The number of nitrogens with one attached hydrogen (secondary N) is 1. The first-order chi connectivity index (χ1) is 8.13. The van der Waals surface area contributed by atoms with E-state index in [2.05, 4.69) is 5.48 Å². The van der Waals surface area contributed by atoms with Crippen LogP contribution in [0.15, 0.2) is 30.3 Å². The molecule has 4 nitrogen and oxygen atoms in total. The van der Waals surface area contributed by atoms with E-state index >= 15 is 0 Å². The van der Waals surface area contributed by atoms with Gasteiger partial charge in [0.15, 0.2) is 0 Å². The Morgan fingerprint density at radius 1 is 1.41 bits per heavy atom. The summed E-state index contributed by atoms with van der Waals surface area (Å²) < 4.78 is 0. The quantitative estimate of drug-likeness (QED) is 0.712. The molecule has 94 valence electrons. The summed E-state index contributed by atoms with van der Waals surface area (Å²) in [7, 11) is 0. The number of hydroxylamine groups is 1. The van der Waals surface area contributed by atoms with Gasteiger partial charge in [0, 0.05) is 6.42 Å². The average molecular weight is 237 g/mol. The number of benzene rings is 1. The van der Waals surface area contributed by atoms with Gasteiger partial charge < -0.3 is 5.11 Å². The predicted molar refractivity (Wildman–Crippen MR) is 65.5 cm³/mol. The topological polar surface area (TPSA) is 58.6 Å². The van der Waals surface area contributed by atoms with Crippen LogP contribution < -0.4 is 5.48 Å². The number of aliphatic carboxylic acids is 1. The van der Waals surface area contributed by atoms with Gasteiger partial charge in [-0.3, -0.25) is 9.63 Å². The van der Waals surface area contributed by atoms with Gasteiger partial charge in [0.2, 0.25) is 0 Å². The van der Waals surface area contributed by atoms with E-state index in [1.54, 1.807) is 0 Å². The molecule has 0 amide bonds. The van der Waals surface area contributed by atoms with Crippen molar-refractivity contribution in [2.75, 3.05) is 0 Å². The maximum Gasteiger partial charge on any atom is 0.323 e. The number of carboxylic acids is 1. The van der Waals surface area contributed by atoms with E-state index in [-0.39, 0.29) is 6.10 Å². The van der Waals surface area contributed by atoms with Crippen LogP contribution in [0.3, 0.4) is 0 Å². The van der Waals surface area contributed by atoms with Gasteiger partial charge in [-0.15, -0.1) is 0 Å². The Hall–Kier alpha value is -1.39. The summed E-state index contributed by atoms with van der Waals surface area (Å²) in [6.45, 7) is 3.88. The molecule has 0 bridgehead atoms. The fourth-order valence-electron chi connectivity index (χ4n) is 1.31. The highest BCUT2D eigenvalue weighted by molar-refractivity contribution is 5.73. The van der Waals surface area contributed by atoms with Gasteiger partial charge in [0.25, 0.3) is 0 Å². The van der Waals surface area contributed by atoms with Crippen LogP contribution in [-0.4, -0.2) is 23.2 Å². The minimum Gasteiger partial charge on any atom is -0.480 e. The molecule has 4 heteroatoms. The molecule has 2 N–H and O–H groups in total. The van der Waals surface area contributed by atoms with Gasteiger partial charge >= 0.3 is 5.97 Å². The van der Waals surface area contributed by atoms with Crippen LogP contribution in [0.2, 0.25) is 0 Å². The lowest BCUT2D eigenvalue weighted by Gasteiger charge is -2.17. The molecule has 1 aromatic rings. The number of rotatable bonds is 7. The molecule has 0 aliphatic rings. The lowest BCUT2D eigenvalue weighted by molar-refractivity contribution is -0.146. The lowest BCUT2D eigenvalue weighted by atomic mass is 10.1. The van der Waals surface area contributed by atoms with Crippen LogP contribution in [0.4, 0.5) is 0 Å². The first kappa shape index (κ1) is 13.7. The van der Waals surface area contributed by atoms with E-state index in [9.17, 15) is 4.79 Å². The van der Waals surface area contributed by atoms with E-state index in [0.29, 0.717) is 6.42 Å². The minimum absolute atomic E-state index is 0.00706. The molecule has 2 atom stereocenters. The highest BCUT2D eigenvalue weighted by Crippen LogP contribution is 2.04. The second-order valence-corrected chi connectivity index (χ2v) is 4.04. The zero-order valence-electron chi connectivity index (χ0n) is 10.2. The van der Waals surface area contributed by atoms with Crippen molar-refractivity contribution in [3.8, 4) is 0 Å². The molecular formula is C13H19NO3. The van der Waals surface area contributed by atoms with Gasteiger partial charge in [-0.25, -0.2) is 0 Å². The van der Waals surface area contributed by atoms with Gasteiger partial charge in [-0.1, -0.05) is 37.3 Å². The highest BCUT2D eigenvalue weighted by Gasteiger charge is 2.18. The first-order valence-electron chi connectivity index (χ1n) is 5.81. The van der Waals surface area contributed by atoms with Crippen LogP contribution in [0.25, 0.3) is 0 Å². The molecule has 0 aliphatic carbocycles. The molecule has 2 unspecified atom stereocenters. The van der Waals surface area contributed by atoms with Crippen molar-refractivity contribution in [3.05, 3.63) is 35.9 Å².